The normalized spacial score (nSPS) is 15.5. The van der Waals surface area contributed by atoms with Gasteiger partial charge in [-0.15, -0.1) is 0 Å². The van der Waals surface area contributed by atoms with Crippen LogP contribution in [0.5, 0.6) is 11.5 Å². The van der Waals surface area contributed by atoms with E-state index in [0.29, 0.717) is 21.4 Å². The van der Waals surface area contributed by atoms with Gasteiger partial charge in [0.25, 0.3) is 11.1 Å². The van der Waals surface area contributed by atoms with Crippen molar-refractivity contribution in [2.75, 3.05) is 20.3 Å². The van der Waals surface area contributed by atoms with Crippen molar-refractivity contribution in [3.63, 3.8) is 0 Å². The number of carbonyl (C=O) groups is 2. The lowest BCUT2D eigenvalue weighted by molar-refractivity contribution is -0.123. The fourth-order valence-electron chi connectivity index (χ4n) is 2.44. The number of benzene rings is 2. The molecule has 0 atom stereocenters. The SMILES string of the molecule is COc1ccc(Br)cc1/C=C1\SC(=O)N(CCOc2ccc(Cl)cc2)C1=O. The van der Waals surface area contributed by atoms with Gasteiger partial charge in [-0.1, -0.05) is 27.5 Å². The van der Waals surface area contributed by atoms with Crippen LogP contribution >= 0.6 is 39.3 Å². The summed E-state index contributed by atoms with van der Waals surface area (Å²) in [6.07, 6.45) is 1.66. The molecular weight excluding hydrogens is 454 g/mol. The lowest BCUT2D eigenvalue weighted by Gasteiger charge is -2.13. The zero-order valence-electron chi connectivity index (χ0n) is 14.3. The predicted octanol–water partition coefficient (Wildman–Crippen LogP) is 5.23. The second-order valence-corrected chi connectivity index (χ2v) is 7.87. The van der Waals surface area contributed by atoms with Crippen LogP contribution < -0.4 is 9.47 Å². The number of hydrogen-bond acceptors (Lipinski definition) is 5. The summed E-state index contributed by atoms with van der Waals surface area (Å²) in [5.41, 5.74) is 0.717. The third-order valence-corrected chi connectivity index (χ3v) is 5.40. The predicted molar refractivity (Wildman–Crippen MR) is 110 cm³/mol. The van der Waals surface area contributed by atoms with Gasteiger partial charge in [0.1, 0.15) is 18.1 Å². The summed E-state index contributed by atoms with van der Waals surface area (Å²) in [4.78, 5) is 26.3. The van der Waals surface area contributed by atoms with Crippen molar-refractivity contribution < 1.29 is 19.1 Å². The second-order valence-electron chi connectivity index (χ2n) is 5.52. The molecule has 5 nitrogen and oxygen atoms in total. The minimum atomic E-state index is -0.341. The molecule has 27 heavy (non-hydrogen) atoms. The average molecular weight is 469 g/mol. The third-order valence-electron chi connectivity index (χ3n) is 3.75. The van der Waals surface area contributed by atoms with E-state index in [-0.39, 0.29) is 24.3 Å². The van der Waals surface area contributed by atoms with Crippen LogP contribution in [0.25, 0.3) is 6.08 Å². The maximum Gasteiger partial charge on any atom is 0.293 e. The van der Waals surface area contributed by atoms with Crippen molar-refractivity contribution >= 4 is 56.5 Å². The van der Waals surface area contributed by atoms with Crippen LogP contribution in [0.4, 0.5) is 4.79 Å². The molecule has 2 aromatic rings. The molecule has 2 amide bonds. The lowest BCUT2D eigenvalue weighted by atomic mass is 10.2. The first-order chi connectivity index (χ1) is 13.0. The van der Waals surface area contributed by atoms with E-state index in [2.05, 4.69) is 15.9 Å². The minimum Gasteiger partial charge on any atom is -0.496 e. The van der Waals surface area contributed by atoms with Gasteiger partial charge in [-0.3, -0.25) is 14.5 Å². The van der Waals surface area contributed by atoms with E-state index >= 15 is 0 Å². The zero-order valence-corrected chi connectivity index (χ0v) is 17.4. The Morgan fingerprint density at radius 2 is 1.93 bits per heavy atom. The Hall–Kier alpha value is -1.96. The van der Waals surface area contributed by atoms with Gasteiger partial charge in [0, 0.05) is 15.1 Å². The number of hydrogen-bond donors (Lipinski definition) is 0. The molecule has 1 saturated heterocycles. The highest BCUT2D eigenvalue weighted by Crippen LogP contribution is 2.34. The number of thioether (sulfide) groups is 1. The maximum atomic E-state index is 12.6. The van der Waals surface area contributed by atoms with E-state index in [4.69, 9.17) is 21.1 Å². The number of carbonyl (C=O) groups excluding carboxylic acids is 2. The molecule has 0 bridgehead atoms. The summed E-state index contributed by atoms with van der Waals surface area (Å²) in [6, 6.07) is 12.4. The van der Waals surface area contributed by atoms with Gasteiger partial charge in [-0.25, -0.2) is 0 Å². The number of ether oxygens (including phenoxy) is 2. The van der Waals surface area contributed by atoms with Gasteiger partial charge < -0.3 is 9.47 Å². The molecule has 1 heterocycles. The van der Waals surface area contributed by atoms with Crippen LogP contribution in [0.15, 0.2) is 51.8 Å². The van der Waals surface area contributed by atoms with E-state index < -0.39 is 0 Å². The first-order valence-electron chi connectivity index (χ1n) is 7.95. The van der Waals surface area contributed by atoms with Crippen molar-refractivity contribution in [3.05, 3.63) is 62.4 Å². The van der Waals surface area contributed by atoms with Gasteiger partial charge in [0.05, 0.1) is 18.6 Å². The quantitative estimate of drug-likeness (QED) is 0.544. The summed E-state index contributed by atoms with van der Waals surface area (Å²) in [6.45, 7) is 0.368. The number of amides is 2. The van der Waals surface area contributed by atoms with Gasteiger partial charge in [-0.05, 0) is 60.3 Å². The molecule has 140 valence electrons. The van der Waals surface area contributed by atoms with E-state index in [1.54, 1.807) is 43.5 Å². The van der Waals surface area contributed by atoms with Crippen molar-refractivity contribution in [2.45, 2.75) is 0 Å². The smallest absolute Gasteiger partial charge is 0.293 e. The number of rotatable bonds is 6. The second kappa shape index (κ2) is 8.82. The Morgan fingerprint density at radius 3 is 2.63 bits per heavy atom. The summed E-state index contributed by atoms with van der Waals surface area (Å²) < 4.78 is 11.7. The minimum absolute atomic E-state index is 0.167. The van der Waals surface area contributed by atoms with Gasteiger partial charge in [0.15, 0.2) is 0 Å². The fraction of sp³-hybridized carbons (Fsp3) is 0.158. The topological polar surface area (TPSA) is 55.8 Å². The van der Waals surface area contributed by atoms with Crippen molar-refractivity contribution in [2.24, 2.45) is 0 Å². The Morgan fingerprint density at radius 1 is 1.19 bits per heavy atom. The number of halogens is 2. The highest BCUT2D eigenvalue weighted by atomic mass is 79.9. The molecule has 0 radical (unpaired) electrons. The van der Waals surface area contributed by atoms with E-state index in [1.807, 2.05) is 12.1 Å². The van der Waals surface area contributed by atoms with Crippen LogP contribution in [0.2, 0.25) is 5.02 Å². The van der Waals surface area contributed by atoms with Crippen LogP contribution in [0.1, 0.15) is 5.56 Å². The van der Waals surface area contributed by atoms with E-state index in [1.165, 1.54) is 4.90 Å². The molecule has 0 spiro atoms. The van der Waals surface area contributed by atoms with Crippen molar-refractivity contribution in [1.82, 2.24) is 4.90 Å². The monoisotopic (exact) mass is 467 g/mol. The largest absolute Gasteiger partial charge is 0.496 e. The first kappa shape index (κ1) is 19.8. The molecule has 0 aromatic heterocycles. The molecule has 0 unspecified atom stereocenters. The summed E-state index contributed by atoms with van der Waals surface area (Å²) in [5.74, 6) is 0.906. The molecule has 0 saturated carbocycles. The van der Waals surface area contributed by atoms with E-state index in [0.717, 1.165) is 21.8 Å². The molecule has 1 fully saturated rings. The molecule has 1 aliphatic rings. The number of methoxy groups -OCH3 is 1. The summed E-state index contributed by atoms with van der Waals surface area (Å²) in [7, 11) is 1.56. The molecule has 1 aliphatic heterocycles. The highest BCUT2D eigenvalue weighted by Gasteiger charge is 2.35. The standard InChI is InChI=1S/C19H15BrClNO4S/c1-25-16-7-2-13(20)10-12(16)11-17-18(23)22(19(24)27-17)8-9-26-15-5-3-14(21)4-6-15/h2-7,10-11H,8-9H2,1H3/b17-11-. The Kier molecular flexibility index (Phi) is 6.46. The highest BCUT2D eigenvalue weighted by molar-refractivity contribution is 9.10. The lowest BCUT2D eigenvalue weighted by Crippen LogP contribution is -2.32. The number of nitrogens with zero attached hydrogens (tertiary/aromatic N) is 1. The Labute approximate surface area is 174 Å². The van der Waals surface area contributed by atoms with Crippen molar-refractivity contribution in [1.29, 1.82) is 0 Å². The Balaban J connectivity index is 1.68. The summed E-state index contributed by atoms with van der Waals surface area (Å²) >= 11 is 10.1. The molecule has 0 N–H and O–H groups in total. The van der Waals surface area contributed by atoms with Crippen LogP contribution in [0, 0.1) is 0 Å². The molecule has 0 aliphatic carbocycles. The average Bonchev–Trinajstić information content (AvgIpc) is 2.91. The molecular formula is C19H15BrClNO4S. The zero-order chi connectivity index (χ0) is 19.4. The first-order valence-corrected chi connectivity index (χ1v) is 9.94. The molecule has 8 heteroatoms. The number of imide groups is 1. The van der Waals surface area contributed by atoms with Gasteiger partial charge >= 0.3 is 0 Å². The molecule has 3 rings (SSSR count). The van der Waals surface area contributed by atoms with Crippen LogP contribution in [-0.2, 0) is 4.79 Å². The van der Waals surface area contributed by atoms with Gasteiger partial charge in [0.2, 0.25) is 0 Å². The fourth-order valence-corrected chi connectivity index (χ4v) is 3.80. The van der Waals surface area contributed by atoms with Crippen molar-refractivity contribution in [3.8, 4) is 11.5 Å². The third kappa shape index (κ3) is 4.86. The van der Waals surface area contributed by atoms with Crippen LogP contribution in [0.3, 0.4) is 0 Å². The van der Waals surface area contributed by atoms with Gasteiger partial charge in [-0.2, -0.15) is 0 Å². The molecule has 2 aromatic carbocycles. The summed E-state index contributed by atoms with van der Waals surface area (Å²) in [5, 5.41) is 0.293. The Bertz CT molecular complexity index is 901. The van der Waals surface area contributed by atoms with Crippen LogP contribution in [-0.4, -0.2) is 36.3 Å². The van der Waals surface area contributed by atoms with E-state index in [9.17, 15) is 9.59 Å². The maximum absolute atomic E-state index is 12.6.